The van der Waals surface area contributed by atoms with Gasteiger partial charge in [0.15, 0.2) is 6.10 Å². The number of methoxy groups -OCH3 is 3. The van der Waals surface area contributed by atoms with Crippen molar-refractivity contribution in [2.75, 3.05) is 26.6 Å². The Balaban J connectivity index is 2.21. The van der Waals surface area contributed by atoms with Crippen LogP contribution in [0.5, 0.6) is 11.5 Å². The first kappa shape index (κ1) is 21.7. The van der Waals surface area contributed by atoms with Gasteiger partial charge in [0, 0.05) is 5.69 Å². The van der Waals surface area contributed by atoms with E-state index >= 15 is 0 Å². The molecule has 1 amide bonds. The highest BCUT2D eigenvalue weighted by Gasteiger charge is 2.21. The Morgan fingerprint density at radius 2 is 1.38 bits per heavy atom. The van der Waals surface area contributed by atoms with Gasteiger partial charge in [-0.2, -0.15) is 0 Å². The van der Waals surface area contributed by atoms with Gasteiger partial charge in [-0.1, -0.05) is 6.92 Å². The lowest BCUT2D eigenvalue weighted by molar-refractivity contribution is -0.122. The van der Waals surface area contributed by atoms with Crippen LogP contribution in [0.3, 0.4) is 0 Å². The van der Waals surface area contributed by atoms with Crippen LogP contribution in [0.1, 0.15) is 34.1 Å². The summed E-state index contributed by atoms with van der Waals surface area (Å²) in [5, 5.41) is 2.67. The molecule has 0 aliphatic heterocycles. The standard InChI is InChI=1S/C21H23NO7/c1-5-18(29-17-8-6-16(26-2)7-9-17)19(23)22-15-11-13(20(24)27-3)10-14(12-15)21(25)28-4/h6-12,18H,5H2,1-4H3,(H,22,23). The molecule has 0 fully saturated rings. The lowest BCUT2D eigenvalue weighted by Gasteiger charge is -2.18. The van der Waals surface area contributed by atoms with Gasteiger partial charge in [0.2, 0.25) is 0 Å². The maximum Gasteiger partial charge on any atom is 0.337 e. The predicted molar refractivity (Wildman–Crippen MR) is 105 cm³/mol. The van der Waals surface area contributed by atoms with Crippen molar-refractivity contribution in [1.29, 1.82) is 0 Å². The number of hydrogen-bond donors (Lipinski definition) is 1. The second-order valence-electron chi connectivity index (χ2n) is 5.96. The van der Waals surface area contributed by atoms with E-state index in [0.29, 0.717) is 17.9 Å². The molecule has 2 rings (SSSR count). The molecule has 0 aliphatic carbocycles. The van der Waals surface area contributed by atoms with E-state index in [0.717, 1.165) is 0 Å². The van der Waals surface area contributed by atoms with Crippen LogP contribution in [0.15, 0.2) is 42.5 Å². The maximum atomic E-state index is 12.7. The van der Waals surface area contributed by atoms with Crippen molar-refractivity contribution in [3.8, 4) is 11.5 Å². The molecule has 2 aromatic rings. The Labute approximate surface area is 168 Å². The van der Waals surface area contributed by atoms with Crippen LogP contribution >= 0.6 is 0 Å². The number of rotatable bonds is 8. The van der Waals surface area contributed by atoms with Crippen LogP contribution in [0.2, 0.25) is 0 Å². The van der Waals surface area contributed by atoms with Crippen LogP contribution < -0.4 is 14.8 Å². The molecule has 1 N–H and O–H groups in total. The molecule has 1 atom stereocenters. The van der Waals surface area contributed by atoms with Crippen LogP contribution in [-0.4, -0.2) is 45.3 Å². The molecule has 0 heterocycles. The number of ether oxygens (including phenoxy) is 4. The van der Waals surface area contributed by atoms with E-state index in [1.807, 2.05) is 0 Å². The van der Waals surface area contributed by atoms with E-state index in [-0.39, 0.29) is 16.8 Å². The molecule has 0 radical (unpaired) electrons. The van der Waals surface area contributed by atoms with E-state index in [2.05, 4.69) is 5.32 Å². The topological polar surface area (TPSA) is 100 Å². The minimum atomic E-state index is -0.785. The molecule has 8 nitrogen and oxygen atoms in total. The summed E-state index contributed by atoms with van der Waals surface area (Å²) in [4.78, 5) is 36.4. The first-order valence-corrected chi connectivity index (χ1v) is 8.85. The van der Waals surface area contributed by atoms with Crippen molar-refractivity contribution in [1.82, 2.24) is 0 Å². The van der Waals surface area contributed by atoms with Crippen molar-refractivity contribution in [2.45, 2.75) is 19.4 Å². The number of hydrogen-bond acceptors (Lipinski definition) is 7. The Bertz CT molecular complexity index is 843. The molecular weight excluding hydrogens is 378 g/mol. The second kappa shape index (κ2) is 10.1. The van der Waals surface area contributed by atoms with Gasteiger partial charge in [-0.15, -0.1) is 0 Å². The quantitative estimate of drug-likeness (QED) is 0.679. The first-order chi connectivity index (χ1) is 13.9. The molecule has 8 heteroatoms. The summed E-state index contributed by atoms with van der Waals surface area (Å²) in [6.45, 7) is 1.80. The van der Waals surface area contributed by atoms with Crippen molar-refractivity contribution < 1.29 is 33.3 Å². The third-order valence-corrected chi connectivity index (χ3v) is 4.04. The molecule has 29 heavy (non-hydrogen) atoms. The smallest absolute Gasteiger partial charge is 0.337 e. The van der Waals surface area contributed by atoms with Crippen molar-refractivity contribution >= 4 is 23.5 Å². The molecule has 0 saturated carbocycles. The Kier molecular flexibility index (Phi) is 7.59. The number of carbonyl (C=O) groups excluding carboxylic acids is 3. The number of nitrogens with one attached hydrogen (secondary N) is 1. The Hall–Kier alpha value is -3.55. The summed E-state index contributed by atoms with van der Waals surface area (Å²) in [7, 11) is 4.01. The summed E-state index contributed by atoms with van der Waals surface area (Å²) < 4.78 is 20.2. The van der Waals surface area contributed by atoms with Crippen LogP contribution in [0.25, 0.3) is 0 Å². The average Bonchev–Trinajstić information content (AvgIpc) is 2.76. The van der Waals surface area contributed by atoms with Crippen LogP contribution in [0.4, 0.5) is 5.69 Å². The highest BCUT2D eigenvalue weighted by atomic mass is 16.5. The van der Waals surface area contributed by atoms with Gasteiger partial charge in [-0.25, -0.2) is 9.59 Å². The van der Waals surface area contributed by atoms with Crippen molar-refractivity contribution in [3.63, 3.8) is 0 Å². The van der Waals surface area contributed by atoms with Crippen molar-refractivity contribution in [3.05, 3.63) is 53.6 Å². The lowest BCUT2D eigenvalue weighted by Crippen LogP contribution is -2.32. The highest BCUT2D eigenvalue weighted by Crippen LogP contribution is 2.21. The highest BCUT2D eigenvalue weighted by molar-refractivity contribution is 6.00. The third-order valence-electron chi connectivity index (χ3n) is 4.04. The predicted octanol–water partition coefficient (Wildman–Crippen LogP) is 3.06. The fourth-order valence-corrected chi connectivity index (χ4v) is 2.53. The summed E-state index contributed by atoms with van der Waals surface area (Å²) in [5.41, 5.74) is 0.458. The van der Waals surface area contributed by atoms with Crippen LogP contribution in [-0.2, 0) is 14.3 Å². The number of esters is 2. The number of amides is 1. The number of anilines is 1. The monoisotopic (exact) mass is 401 g/mol. The van der Waals surface area contributed by atoms with E-state index in [1.54, 1.807) is 38.3 Å². The van der Waals surface area contributed by atoms with Crippen molar-refractivity contribution in [2.24, 2.45) is 0 Å². The lowest BCUT2D eigenvalue weighted by atomic mass is 10.1. The van der Waals surface area contributed by atoms with Gasteiger partial charge < -0.3 is 24.3 Å². The summed E-state index contributed by atoms with van der Waals surface area (Å²) in [6, 6.07) is 11.0. The normalized spacial score (nSPS) is 11.2. The van der Waals surface area contributed by atoms with E-state index < -0.39 is 23.9 Å². The third kappa shape index (κ3) is 5.71. The largest absolute Gasteiger partial charge is 0.497 e. The van der Waals surface area contributed by atoms with Crippen LogP contribution in [0, 0.1) is 0 Å². The minimum absolute atomic E-state index is 0.106. The van der Waals surface area contributed by atoms with E-state index in [9.17, 15) is 14.4 Å². The molecule has 154 valence electrons. The zero-order chi connectivity index (χ0) is 21.4. The maximum absolute atomic E-state index is 12.7. The summed E-state index contributed by atoms with van der Waals surface area (Å²) in [5.74, 6) is -0.544. The first-order valence-electron chi connectivity index (χ1n) is 8.85. The SMILES string of the molecule is CCC(Oc1ccc(OC)cc1)C(=O)Nc1cc(C(=O)OC)cc(C(=O)OC)c1. The van der Waals surface area contributed by atoms with Gasteiger partial charge in [-0.05, 0) is 48.9 Å². The van der Waals surface area contributed by atoms with Gasteiger partial charge in [0.05, 0.1) is 32.5 Å². The minimum Gasteiger partial charge on any atom is -0.497 e. The van der Waals surface area contributed by atoms with E-state index in [1.165, 1.54) is 32.4 Å². The molecule has 1 unspecified atom stereocenters. The second-order valence-corrected chi connectivity index (χ2v) is 5.96. The molecule has 0 bridgehead atoms. The van der Waals surface area contributed by atoms with Gasteiger partial charge >= 0.3 is 11.9 Å². The zero-order valence-electron chi connectivity index (χ0n) is 16.7. The van der Waals surface area contributed by atoms with Gasteiger partial charge in [0.1, 0.15) is 11.5 Å². The summed E-state index contributed by atoms with van der Waals surface area (Å²) >= 11 is 0. The van der Waals surface area contributed by atoms with E-state index in [4.69, 9.17) is 18.9 Å². The average molecular weight is 401 g/mol. The van der Waals surface area contributed by atoms with Gasteiger partial charge in [0.25, 0.3) is 5.91 Å². The molecular formula is C21H23NO7. The molecule has 0 aromatic heterocycles. The number of carbonyl (C=O) groups is 3. The van der Waals surface area contributed by atoms with Gasteiger partial charge in [-0.3, -0.25) is 4.79 Å². The number of benzene rings is 2. The molecule has 0 spiro atoms. The molecule has 0 saturated heterocycles. The summed E-state index contributed by atoms with van der Waals surface area (Å²) in [6.07, 6.45) is -0.384. The molecule has 2 aromatic carbocycles. The Morgan fingerprint density at radius 3 is 1.83 bits per heavy atom. The fourth-order valence-electron chi connectivity index (χ4n) is 2.53. The fraction of sp³-hybridized carbons (Fsp3) is 0.286. The zero-order valence-corrected chi connectivity index (χ0v) is 16.7. The molecule has 0 aliphatic rings. The Morgan fingerprint density at radius 1 is 0.862 bits per heavy atom.